The van der Waals surface area contributed by atoms with Gasteiger partial charge in [-0.15, -0.1) is 0 Å². The van der Waals surface area contributed by atoms with Crippen molar-refractivity contribution < 1.29 is 25.2 Å². The molecule has 3 saturated carbocycles. The van der Waals surface area contributed by atoms with Gasteiger partial charge in [0.25, 0.3) is 0 Å². The lowest BCUT2D eigenvalue weighted by atomic mass is 9.51. The van der Waals surface area contributed by atoms with Gasteiger partial charge in [-0.3, -0.25) is 0 Å². The van der Waals surface area contributed by atoms with E-state index in [9.17, 15) is 30.1 Å². The molecule has 0 heterocycles. The van der Waals surface area contributed by atoms with Crippen LogP contribution in [0.1, 0.15) is 33.6 Å². The highest BCUT2D eigenvalue weighted by atomic mass is 16.4. The molecule has 0 spiro atoms. The Morgan fingerprint density at radius 3 is 2.32 bits per heavy atom. The summed E-state index contributed by atoms with van der Waals surface area (Å²) >= 11 is 0. The first-order valence-corrected chi connectivity index (χ1v) is 7.61. The number of aliphatic hydroxyl groups is 4. The molecule has 124 valence electrons. The number of fused-ring (bicyclic) bond motifs is 3. The van der Waals surface area contributed by atoms with Crippen molar-refractivity contribution in [3.63, 3.8) is 0 Å². The highest BCUT2D eigenvalue weighted by Crippen LogP contribution is 2.78. The fraction of sp³-hybridized carbons (Fsp3) is 0.933. The zero-order valence-electron chi connectivity index (χ0n) is 12.9. The van der Waals surface area contributed by atoms with Crippen LogP contribution in [0, 0.1) is 27.6 Å². The smallest absolute Gasteiger partial charge is 0.129 e. The first-order chi connectivity index (χ1) is 10.0. The van der Waals surface area contributed by atoms with E-state index in [0.29, 0.717) is 6.42 Å². The molecule has 3 aliphatic carbocycles. The number of hydrogen-bond donors (Lipinski definition) is 4. The summed E-state index contributed by atoms with van der Waals surface area (Å²) in [7, 11) is 0. The van der Waals surface area contributed by atoms with Crippen LogP contribution in [0.2, 0.25) is 0 Å². The minimum absolute atomic E-state index is 0.133. The van der Waals surface area contributed by atoms with Gasteiger partial charge in [-0.05, 0) is 32.6 Å². The maximum absolute atomic E-state index is 11.6. The van der Waals surface area contributed by atoms with E-state index in [2.05, 4.69) is 5.18 Å². The normalized spacial score (nSPS) is 57.0. The van der Waals surface area contributed by atoms with E-state index in [1.165, 1.54) is 13.8 Å². The highest BCUT2D eigenvalue weighted by Gasteiger charge is 2.85. The van der Waals surface area contributed by atoms with Gasteiger partial charge in [0, 0.05) is 16.7 Å². The Balaban J connectivity index is 2.17. The minimum Gasteiger partial charge on any atom is -0.390 e. The van der Waals surface area contributed by atoms with Crippen molar-refractivity contribution in [1.29, 1.82) is 0 Å². The molecule has 3 rings (SSSR count). The summed E-state index contributed by atoms with van der Waals surface area (Å²) < 4.78 is 0. The Kier molecular flexibility index (Phi) is 3.01. The molecule has 22 heavy (non-hydrogen) atoms. The van der Waals surface area contributed by atoms with Gasteiger partial charge >= 0.3 is 0 Å². The number of rotatable bonds is 3. The van der Waals surface area contributed by atoms with Crippen LogP contribution in [-0.2, 0) is 4.79 Å². The summed E-state index contributed by atoms with van der Waals surface area (Å²) in [5.41, 5.74) is -5.53. The van der Waals surface area contributed by atoms with Gasteiger partial charge in [-0.1, -0.05) is 12.1 Å². The van der Waals surface area contributed by atoms with Crippen LogP contribution in [0.5, 0.6) is 0 Å². The summed E-state index contributed by atoms with van der Waals surface area (Å²) in [6, 6.07) is -1.29. The summed E-state index contributed by atoms with van der Waals surface area (Å²) in [6.07, 6.45) is -1.46. The van der Waals surface area contributed by atoms with Crippen molar-refractivity contribution in [1.82, 2.24) is 0 Å². The Morgan fingerprint density at radius 2 is 1.86 bits per heavy atom. The molecular formula is C15H23NO6. The summed E-state index contributed by atoms with van der Waals surface area (Å²) in [4.78, 5) is 23.1. The summed E-state index contributed by atoms with van der Waals surface area (Å²) in [5, 5.41) is 45.7. The Hall–Kier alpha value is -0.890. The predicted molar refractivity (Wildman–Crippen MR) is 75.7 cm³/mol. The SMILES string of the molecule is CC(C)(O)C1C(O)C(O)C2(C)C(O)(C[C@H]3C[C@]32C=O)C1N=O. The van der Waals surface area contributed by atoms with Crippen LogP contribution in [0.15, 0.2) is 5.18 Å². The first-order valence-electron chi connectivity index (χ1n) is 7.61. The van der Waals surface area contributed by atoms with Crippen molar-refractivity contribution in [2.45, 2.75) is 63.1 Å². The van der Waals surface area contributed by atoms with Gasteiger partial charge in [-0.25, -0.2) is 0 Å². The third-order valence-electron chi connectivity index (χ3n) is 6.83. The molecule has 4 N–H and O–H groups in total. The number of aliphatic hydroxyl groups excluding tert-OH is 2. The lowest BCUT2D eigenvalue weighted by molar-refractivity contribution is -0.256. The quantitative estimate of drug-likeness (QED) is 0.414. The van der Waals surface area contributed by atoms with E-state index >= 15 is 0 Å². The van der Waals surface area contributed by atoms with E-state index in [0.717, 1.165) is 6.29 Å². The third kappa shape index (κ3) is 1.43. The Labute approximate surface area is 128 Å². The largest absolute Gasteiger partial charge is 0.390 e. The van der Waals surface area contributed by atoms with Gasteiger partial charge in [0.1, 0.15) is 17.9 Å². The summed E-state index contributed by atoms with van der Waals surface area (Å²) in [6.45, 7) is 4.35. The maximum atomic E-state index is 11.6. The molecule has 3 fully saturated rings. The second-order valence-corrected chi connectivity index (χ2v) is 8.06. The lowest BCUT2D eigenvalue weighted by Gasteiger charge is -2.58. The molecule has 0 bridgehead atoms. The van der Waals surface area contributed by atoms with Crippen molar-refractivity contribution in [2.75, 3.05) is 0 Å². The molecule has 0 saturated heterocycles. The molecule has 8 atom stereocenters. The molecule has 0 aromatic carbocycles. The number of hydrogen-bond acceptors (Lipinski definition) is 7. The zero-order chi connectivity index (χ0) is 16.7. The van der Waals surface area contributed by atoms with E-state index < -0.39 is 46.2 Å². The van der Waals surface area contributed by atoms with Crippen LogP contribution in [0.4, 0.5) is 0 Å². The van der Waals surface area contributed by atoms with Crippen LogP contribution in [-0.4, -0.2) is 56.2 Å². The number of carbonyl (C=O) groups is 1. The van der Waals surface area contributed by atoms with Crippen molar-refractivity contribution in [3.8, 4) is 0 Å². The van der Waals surface area contributed by atoms with Gasteiger partial charge < -0.3 is 25.2 Å². The summed E-state index contributed by atoms with van der Waals surface area (Å²) in [5.74, 6) is -1.24. The minimum atomic E-state index is -1.72. The molecule has 6 unspecified atom stereocenters. The van der Waals surface area contributed by atoms with Crippen molar-refractivity contribution in [3.05, 3.63) is 4.91 Å². The molecule has 0 aromatic rings. The molecule has 3 aliphatic rings. The van der Waals surface area contributed by atoms with Crippen LogP contribution < -0.4 is 0 Å². The molecule has 0 amide bonds. The van der Waals surface area contributed by atoms with E-state index in [1.54, 1.807) is 6.92 Å². The zero-order valence-corrected chi connectivity index (χ0v) is 12.9. The number of carbonyl (C=O) groups excluding carboxylic acids is 1. The standard InChI is InChI=1S/C15H23NO6/c1-12(2,20)8-9(18)11(19)13(3)14(6-17)4-7(14)5-15(13,21)10(8)16-22/h6-11,18-21H,4-5H2,1-3H3/t7-,8?,9?,10?,11?,13?,14+,15?/m1/s1. The molecule has 7 nitrogen and oxygen atoms in total. The number of nitroso groups, excluding NO2 is 1. The third-order valence-corrected chi connectivity index (χ3v) is 6.83. The topological polar surface area (TPSA) is 127 Å². The fourth-order valence-electron chi connectivity index (χ4n) is 5.43. The van der Waals surface area contributed by atoms with E-state index in [1.807, 2.05) is 0 Å². The van der Waals surface area contributed by atoms with Crippen molar-refractivity contribution in [2.24, 2.45) is 27.8 Å². The second kappa shape index (κ2) is 4.14. The van der Waals surface area contributed by atoms with Crippen LogP contribution >= 0.6 is 0 Å². The van der Waals surface area contributed by atoms with Crippen LogP contribution in [0.25, 0.3) is 0 Å². The van der Waals surface area contributed by atoms with Gasteiger partial charge in [0.15, 0.2) is 0 Å². The molecular weight excluding hydrogens is 290 g/mol. The average molecular weight is 313 g/mol. The molecule has 0 aliphatic heterocycles. The first kappa shape index (κ1) is 16.0. The van der Waals surface area contributed by atoms with E-state index in [-0.39, 0.29) is 12.3 Å². The lowest BCUT2D eigenvalue weighted by Crippen LogP contribution is -2.73. The second-order valence-electron chi connectivity index (χ2n) is 8.06. The number of nitrogens with zero attached hydrogens (tertiary/aromatic N) is 1. The maximum Gasteiger partial charge on any atom is 0.129 e. The number of aldehydes is 1. The Morgan fingerprint density at radius 1 is 1.27 bits per heavy atom. The van der Waals surface area contributed by atoms with Gasteiger partial charge in [0.05, 0.1) is 17.8 Å². The monoisotopic (exact) mass is 313 g/mol. The van der Waals surface area contributed by atoms with Gasteiger partial charge in [0.2, 0.25) is 0 Å². The van der Waals surface area contributed by atoms with E-state index in [4.69, 9.17) is 0 Å². The van der Waals surface area contributed by atoms with Gasteiger partial charge in [-0.2, -0.15) is 4.91 Å². The highest BCUT2D eigenvalue weighted by molar-refractivity contribution is 5.70. The Bertz CT molecular complexity index is 533. The predicted octanol–water partition coefficient (Wildman–Crippen LogP) is -0.410. The molecule has 0 aromatic heterocycles. The van der Waals surface area contributed by atoms with Crippen LogP contribution in [0.3, 0.4) is 0 Å². The molecule has 7 heteroatoms. The van der Waals surface area contributed by atoms with Crippen molar-refractivity contribution >= 4 is 6.29 Å². The average Bonchev–Trinajstić information content (AvgIpc) is 3.08. The fourth-order valence-corrected chi connectivity index (χ4v) is 5.43. The molecule has 0 radical (unpaired) electrons.